The molecule has 2 aliphatic heterocycles. The third kappa shape index (κ3) is 2.42. The van der Waals surface area contributed by atoms with Crippen molar-refractivity contribution >= 4 is 67.6 Å². The van der Waals surface area contributed by atoms with Crippen molar-refractivity contribution in [3.8, 4) is 22.3 Å². The van der Waals surface area contributed by atoms with E-state index in [-0.39, 0.29) is 6.98 Å². The van der Waals surface area contributed by atoms with E-state index in [1.165, 1.54) is 49.8 Å². The van der Waals surface area contributed by atoms with Gasteiger partial charge in [-0.2, -0.15) is 0 Å². The lowest BCUT2D eigenvalue weighted by Gasteiger charge is -2.35. The first-order chi connectivity index (χ1) is 19.9. The van der Waals surface area contributed by atoms with Crippen LogP contribution in [0.5, 0.6) is 0 Å². The molecule has 0 bridgehead atoms. The molecule has 3 aromatic heterocycles. The van der Waals surface area contributed by atoms with Crippen molar-refractivity contribution in [1.82, 2.24) is 9.46 Å². The Morgan fingerprint density at radius 3 is 2.45 bits per heavy atom. The van der Waals surface area contributed by atoms with E-state index in [0.29, 0.717) is 0 Å². The minimum absolute atomic E-state index is 0.0492. The molecule has 10 rings (SSSR count). The second-order valence-corrected chi connectivity index (χ2v) is 10.8. The maximum absolute atomic E-state index is 6.41. The standard InChI is InChI=1S/C35H20BN3O/c1-3-12-29-23(7-1)27-19-21(22-9-5-11-26-24-8-2-4-14-33(24)40-35(22)26)15-16-30(27)38-32-13-6-10-25-28-20-37-18-17-31(28)39(34(25)32)36(29)38/h1-20H. The zero-order chi connectivity index (χ0) is 25.9. The lowest BCUT2D eigenvalue weighted by molar-refractivity contribution is 0.670. The van der Waals surface area contributed by atoms with E-state index in [0.717, 1.165) is 33.1 Å². The molecular formula is C35H20BN3O. The molecule has 0 N–H and O–H groups in total. The van der Waals surface area contributed by atoms with Crippen LogP contribution in [0.4, 0.5) is 11.4 Å². The van der Waals surface area contributed by atoms with E-state index in [9.17, 15) is 0 Å². The number of aromatic nitrogens is 2. The SMILES string of the molecule is c1ccc2c(c1)B1N(c3ccc(-c4cccc5c4oc4ccccc45)cc3-2)c2cccc3c4cnccc4n1c23. The van der Waals surface area contributed by atoms with Crippen LogP contribution < -0.4 is 10.3 Å². The molecule has 0 unspecified atom stereocenters. The third-order valence-electron chi connectivity index (χ3n) is 8.85. The van der Waals surface area contributed by atoms with Crippen molar-refractivity contribution in [2.45, 2.75) is 0 Å². The summed E-state index contributed by atoms with van der Waals surface area (Å²) in [5.74, 6) is 0. The van der Waals surface area contributed by atoms with Gasteiger partial charge in [0.25, 0.3) is 0 Å². The third-order valence-corrected chi connectivity index (χ3v) is 8.85. The van der Waals surface area contributed by atoms with Crippen molar-refractivity contribution in [1.29, 1.82) is 0 Å². The van der Waals surface area contributed by atoms with Crippen molar-refractivity contribution < 1.29 is 4.42 Å². The second-order valence-electron chi connectivity index (χ2n) is 10.8. The first kappa shape index (κ1) is 20.6. The molecule has 5 heteroatoms. The fourth-order valence-corrected chi connectivity index (χ4v) is 7.23. The Labute approximate surface area is 229 Å². The Hall–Kier alpha value is -5.29. The summed E-state index contributed by atoms with van der Waals surface area (Å²) in [6.45, 7) is 0.0492. The summed E-state index contributed by atoms with van der Waals surface area (Å²) in [6, 6.07) is 39.3. The van der Waals surface area contributed by atoms with Gasteiger partial charge in [-0.3, -0.25) is 4.98 Å². The summed E-state index contributed by atoms with van der Waals surface area (Å²) in [7, 11) is 0. The fourth-order valence-electron chi connectivity index (χ4n) is 7.23. The summed E-state index contributed by atoms with van der Waals surface area (Å²) >= 11 is 0. The van der Waals surface area contributed by atoms with Gasteiger partial charge >= 0.3 is 6.98 Å². The summed E-state index contributed by atoms with van der Waals surface area (Å²) in [5, 5.41) is 4.76. The van der Waals surface area contributed by atoms with Crippen molar-refractivity contribution in [3.63, 3.8) is 0 Å². The van der Waals surface area contributed by atoms with Crippen molar-refractivity contribution in [2.24, 2.45) is 0 Å². The minimum atomic E-state index is 0.0492. The van der Waals surface area contributed by atoms with E-state index in [1.54, 1.807) is 0 Å². The Morgan fingerprint density at radius 1 is 0.625 bits per heavy atom. The lowest BCUT2D eigenvalue weighted by Crippen LogP contribution is -2.51. The van der Waals surface area contributed by atoms with Crippen LogP contribution in [0, 0.1) is 0 Å². The van der Waals surface area contributed by atoms with Gasteiger partial charge in [0.1, 0.15) is 11.2 Å². The summed E-state index contributed by atoms with van der Waals surface area (Å²) < 4.78 is 8.92. The van der Waals surface area contributed by atoms with Crippen molar-refractivity contribution in [2.75, 3.05) is 4.81 Å². The number of anilines is 2. The average Bonchev–Trinajstić information content (AvgIpc) is 3.68. The molecule has 5 aromatic carbocycles. The first-order valence-electron chi connectivity index (χ1n) is 13.7. The lowest BCUT2D eigenvalue weighted by atomic mass is 9.60. The number of pyridine rings is 1. The monoisotopic (exact) mass is 509 g/mol. The highest BCUT2D eigenvalue weighted by Crippen LogP contribution is 2.49. The highest BCUT2D eigenvalue weighted by atomic mass is 16.3. The molecule has 2 aliphatic rings. The van der Waals surface area contributed by atoms with E-state index in [1.807, 2.05) is 24.5 Å². The van der Waals surface area contributed by atoms with E-state index >= 15 is 0 Å². The fraction of sp³-hybridized carbons (Fsp3) is 0. The molecule has 0 amide bonds. The van der Waals surface area contributed by atoms with E-state index in [2.05, 4.69) is 111 Å². The molecular weight excluding hydrogens is 489 g/mol. The molecule has 0 atom stereocenters. The van der Waals surface area contributed by atoms with E-state index in [4.69, 9.17) is 4.42 Å². The molecule has 4 nitrogen and oxygen atoms in total. The van der Waals surface area contributed by atoms with Crippen LogP contribution in [0.15, 0.2) is 126 Å². The molecule has 0 saturated carbocycles. The van der Waals surface area contributed by atoms with Crippen LogP contribution in [0.25, 0.3) is 66.0 Å². The summed E-state index contributed by atoms with van der Waals surface area (Å²) in [4.78, 5) is 6.97. The van der Waals surface area contributed by atoms with Crippen molar-refractivity contribution in [3.05, 3.63) is 122 Å². The largest absolute Gasteiger partial charge is 0.455 e. The number of hydrogen-bond donors (Lipinski definition) is 0. The molecule has 0 saturated heterocycles. The average molecular weight is 509 g/mol. The highest BCUT2D eigenvalue weighted by Gasteiger charge is 2.44. The van der Waals surface area contributed by atoms with Crippen LogP contribution in [0.2, 0.25) is 0 Å². The summed E-state index contributed by atoms with van der Waals surface area (Å²) in [6.07, 6.45) is 3.90. The van der Waals surface area contributed by atoms with Crippen LogP contribution in [-0.2, 0) is 0 Å². The van der Waals surface area contributed by atoms with Crippen LogP contribution >= 0.6 is 0 Å². The predicted octanol–water partition coefficient (Wildman–Crippen LogP) is 8.13. The van der Waals surface area contributed by atoms with Gasteiger partial charge in [0.05, 0.1) is 11.2 Å². The Morgan fingerprint density at radius 2 is 1.45 bits per heavy atom. The number of furan rings is 1. The van der Waals surface area contributed by atoms with Crippen LogP contribution in [0.1, 0.15) is 0 Å². The number of hydrogen-bond acceptors (Lipinski definition) is 3. The molecule has 184 valence electrons. The first-order valence-corrected chi connectivity index (χ1v) is 13.7. The topological polar surface area (TPSA) is 34.2 Å². The zero-order valence-electron chi connectivity index (χ0n) is 21.4. The Bertz CT molecular complexity index is 2370. The molecule has 0 aliphatic carbocycles. The van der Waals surface area contributed by atoms with Gasteiger partial charge in [-0.1, -0.05) is 78.9 Å². The van der Waals surface area contributed by atoms with Gasteiger partial charge in [0, 0.05) is 56.3 Å². The minimum Gasteiger partial charge on any atom is -0.455 e. The van der Waals surface area contributed by atoms with Crippen LogP contribution in [0.3, 0.4) is 0 Å². The second kappa shape index (κ2) is 7.22. The smallest absolute Gasteiger partial charge is 0.421 e. The van der Waals surface area contributed by atoms with E-state index < -0.39 is 0 Å². The molecule has 8 aromatic rings. The zero-order valence-corrected chi connectivity index (χ0v) is 21.4. The molecule has 40 heavy (non-hydrogen) atoms. The maximum Gasteiger partial charge on any atom is 0.421 e. The normalized spacial score (nSPS) is 13.4. The highest BCUT2D eigenvalue weighted by molar-refractivity contribution is 6.82. The number of nitrogens with zero attached hydrogens (tertiary/aromatic N) is 3. The Balaban J connectivity index is 1.26. The van der Waals surface area contributed by atoms with Gasteiger partial charge in [0.15, 0.2) is 0 Å². The van der Waals surface area contributed by atoms with Crippen LogP contribution in [-0.4, -0.2) is 16.4 Å². The molecule has 0 spiro atoms. The number of benzene rings is 5. The van der Waals surface area contributed by atoms with Gasteiger partial charge in [0.2, 0.25) is 0 Å². The molecule has 0 fully saturated rings. The van der Waals surface area contributed by atoms with Gasteiger partial charge in [-0.15, -0.1) is 0 Å². The Kier molecular flexibility index (Phi) is 3.73. The van der Waals surface area contributed by atoms with Gasteiger partial charge < -0.3 is 13.7 Å². The maximum atomic E-state index is 6.41. The number of fused-ring (bicyclic) bond motifs is 14. The molecule has 5 heterocycles. The van der Waals surface area contributed by atoms with Gasteiger partial charge in [-0.25, -0.2) is 0 Å². The number of rotatable bonds is 1. The number of para-hydroxylation sites is 3. The summed E-state index contributed by atoms with van der Waals surface area (Å²) in [5.41, 5.74) is 12.9. The van der Waals surface area contributed by atoms with Gasteiger partial charge in [-0.05, 0) is 46.9 Å². The predicted molar refractivity (Wildman–Crippen MR) is 165 cm³/mol. The molecule has 0 radical (unpaired) electrons. The quantitative estimate of drug-likeness (QED) is 0.210.